The van der Waals surface area contributed by atoms with Gasteiger partial charge < -0.3 is 10.2 Å². The standard InChI is InChI=1S/C21H25ClN2O2/c1-15(2)19-6-4-5-7-20(19)24(16(3)25)14-21(26)23-13-12-17-8-10-18(22)11-9-17/h4-11,15H,12-14H2,1-3H3,(H,23,26). The van der Waals surface area contributed by atoms with Gasteiger partial charge in [-0.2, -0.15) is 0 Å². The molecule has 0 heterocycles. The Morgan fingerprint density at radius 1 is 1.08 bits per heavy atom. The van der Waals surface area contributed by atoms with E-state index in [0.29, 0.717) is 18.0 Å². The first-order valence-electron chi connectivity index (χ1n) is 8.76. The van der Waals surface area contributed by atoms with Gasteiger partial charge in [-0.1, -0.05) is 55.8 Å². The van der Waals surface area contributed by atoms with Gasteiger partial charge in [-0.25, -0.2) is 0 Å². The minimum atomic E-state index is -0.173. The SMILES string of the molecule is CC(=O)N(CC(=O)NCCc1ccc(Cl)cc1)c1ccccc1C(C)C. The molecule has 26 heavy (non-hydrogen) atoms. The van der Waals surface area contributed by atoms with Gasteiger partial charge in [0.05, 0.1) is 0 Å². The van der Waals surface area contributed by atoms with Crippen LogP contribution in [0, 0.1) is 0 Å². The molecule has 2 aromatic carbocycles. The lowest BCUT2D eigenvalue weighted by Gasteiger charge is -2.25. The monoisotopic (exact) mass is 372 g/mol. The molecule has 2 aromatic rings. The Labute approximate surface area is 160 Å². The number of nitrogens with zero attached hydrogens (tertiary/aromatic N) is 1. The number of benzene rings is 2. The molecule has 5 heteroatoms. The summed E-state index contributed by atoms with van der Waals surface area (Å²) < 4.78 is 0. The van der Waals surface area contributed by atoms with Crippen molar-refractivity contribution in [3.05, 3.63) is 64.7 Å². The summed E-state index contributed by atoms with van der Waals surface area (Å²) >= 11 is 5.87. The van der Waals surface area contributed by atoms with E-state index < -0.39 is 0 Å². The van der Waals surface area contributed by atoms with E-state index in [0.717, 1.165) is 16.8 Å². The lowest BCUT2D eigenvalue weighted by Crippen LogP contribution is -2.40. The molecule has 1 N–H and O–H groups in total. The van der Waals surface area contributed by atoms with Crippen LogP contribution in [0.4, 0.5) is 5.69 Å². The quantitative estimate of drug-likeness (QED) is 0.792. The Morgan fingerprint density at radius 2 is 1.73 bits per heavy atom. The number of carbonyl (C=O) groups excluding carboxylic acids is 2. The molecule has 0 atom stereocenters. The van der Waals surface area contributed by atoms with Crippen molar-refractivity contribution in [3.8, 4) is 0 Å². The Kier molecular flexibility index (Phi) is 7.22. The Morgan fingerprint density at radius 3 is 2.35 bits per heavy atom. The molecule has 0 aromatic heterocycles. The van der Waals surface area contributed by atoms with Crippen molar-refractivity contribution in [3.63, 3.8) is 0 Å². The second-order valence-electron chi connectivity index (χ2n) is 6.55. The van der Waals surface area contributed by atoms with E-state index in [1.165, 1.54) is 11.8 Å². The molecule has 0 radical (unpaired) electrons. The van der Waals surface area contributed by atoms with Gasteiger partial charge in [0.2, 0.25) is 11.8 Å². The minimum Gasteiger partial charge on any atom is -0.354 e. The summed E-state index contributed by atoms with van der Waals surface area (Å²) in [6.07, 6.45) is 0.714. The first kappa shape index (κ1) is 20.0. The van der Waals surface area contributed by atoms with Crippen LogP contribution >= 0.6 is 11.6 Å². The third kappa shape index (κ3) is 5.60. The highest BCUT2D eigenvalue weighted by Crippen LogP contribution is 2.27. The Bertz CT molecular complexity index is 757. The summed E-state index contributed by atoms with van der Waals surface area (Å²) in [5.74, 6) is -0.0558. The maximum absolute atomic E-state index is 12.3. The van der Waals surface area contributed by atoms with Gasteiger partial charge in [0.15, 0.2) is 0 Å². The van der Waals surface area contributed by atoms with Gasteiger partial charge in [0.1, 0.15) is 6.54 Å². The second-order valence-corrected chi connectivity index (χ2v) is 6.98. The fraction of sp³-hybridized carbons (Fsp3) is 0.333. The number of halogens is 1. The lowest BCUT2D eigenvalue weighted by atomic mass is 10.0. The number of para-hydroxylation sites is 1. The van der Waals surface area contributed by atoms with Gasteiger partial charge in [-0.15, -0.1) is 0 Å². The van der Waals surface area contributed by atoms with Crippen molar-refractivity contribution < 1.29 is 9.59 Å². The summed E-state index contributed by atoms with van der Waals surface area (Å²) in [7, 11) is 0. The zero-order chi connectivity index (χ0) is 19.1. The van der Waals surface area contributed by atoms with Crippen molar-refractivity contribution in [2.45, 2.75) is 33.1 Å². The molecule has 0 aliphatic rings. The molecule has 0 saturated heterocycles. The van der Waals surface area contributed by atoms with Crippen LogP contribution in [-0.2, 0) is 16.0 Å². The molecule has 0 bridgehead atoms. The van der Waals surface area contributed by atoms with Gasteiger partial charge in [-0.3, -0.25) is 9.59 Å². The summed E-state index contributed by atoms with van der Waals surface area (Å²) in [6.45, 7) is 6.16. The van der Waals surface area contributed by atoms with Gasteiger partial charge >= 0.3 is 0 Å². The summed E-state index contributed by atoms with van der Waals surface area (Å²) in [6, 6.07) is 15.3. The van der Waals surface area contributed by atoms with Crippen molar-refractivity contribution in [1.29, 1.82) is 0 Å². The normalized spacial score (nSPS) is 10.7. The summed E-state index contributed by atoms with van der Waals surface area (Å²) in [5, 5.41) is 3.58. The molecule has 0 saturated carbocycles. The van der Waals surface area contributed by atoms with Gasteiger partial charge in [0.25, 0.3) is 0 Å². The summed E-state index contributed by atoms with van der Waals surface area (Å²) in [4.78, 5) is 26.0. The molecule has 2 rings (SSSR count). The highest BCUT2D eigenvalue weighted by molar-refractivity contribution is 6.30. The molecular weight excluding hydrogens is 348 g/mol. The zero-order valence-corrected chi connectivity index (χ0v) is 16.2. The van der Waals surface area contributed by atoms with E-state index in [4.69, 9.17) is 11.6 Å². The van der Waals surface area contributed by atoms with Crippen LogP contribution in [0.3, 0.4) is 0 Å². The van der Waals surface area contributed by atoms with Crippen molar-refractivity contribution in [2.75, 3.05) is 18.0 Å². The number of carbonyl (C=O) groups is 2. The van der Waals surface area contributed by atoms with Crippen LogP contribution in [0.25, 0.3) is 0 Å². The predicted octanol–water partition coefficient (Wildman–Crippen LogP) is 4.18. The lowest BCUT2D eigenvalue weighted by molar-refractivity contribution is -0.123. The average Bonchev–Trinajstić information content (AvgIpc) is 2.61. The molecule has 138 valence electrons. The molecule has 4 nitrogen and oxygen atoms in total. The Balaban J connectivity index is 1.98. The fourth-order valence-corrected chi connectivity index (χ4v) is 2.91. The van der Waals surface area contributed by atoms with Crippen LogP contribution in [0.2, 0.25) is 5.02 Å². The molecular formula is C21H25ClN2O2. The number of rotatable bonds is 7. The smallest absolute Gasteiger partial charge is 0.240 e. The maximum atomic E-state index is 12.3. The van der Waals surface area contributed by atoms with E-state index in [1.54, 1.807) is 0 Å². The summed E-state index contributed by atoms with van der Waals surface area (Å²) in [5.41, 5.74) is 2.95. The number of hydrogen-bond donors (Lipinski definition) is 1. The van der Waals surface area contributed by atoms with Crippen molar-refractivity contribution in [2.24, 2.45) is 0 Å². The Hall–Kier alpha value is -2.33. The number of nitrogens with one attached hydrogen (secondary N) is 1. The molecule has 0 aliphatic heterocycles. The fourth-order valence-electron chi connectivity index (χ4n) is 2.78. The first-order valence-corrected chi connectivity index (χ1v) is 9.14. The van der Waals surface area contributed by atoms with Gasteiger partial charge in [-0.05, 0) is 41.7 Å². The zero-order valence-electron chi connectivity index (χ0n) is 15.5. The first-order chi connectivity index (χ1) is 12.4. The van der Waals surface area contributed by atoms with E-state index in [1.807, 2.05) is 48.5 Å². The molecule has 0 unspecified atom stereocenters. The number of anilines is 1. The van der Waals surface area contributed by atoms with Gasteiger partial charge in [0, 0.05) is 24.2 Å². The third-order valence-corrected chi connectivity index (χ3v) is 4.43. The van der Waals surface area contributed by atoms with Crippen LogP contribution in [0.15, 0.2) is 48.5 Å². The highest BCUT2D eigenvalue weighted by atomic mass is 35.5. The second kappa shape index (κ2) is 9.39. The molecule has 0 fully saturated rings. The van der Waals surface area contributed by atoms with Crippen LogP contribution in [0.1, 0.15) is 37.8 Å². The van der Waals surface area contributed by atoms with Crippen molar-refractivity contribution >= 4 is 29.1 Å². The molecule has 0 spiro atoms. The van der Waals surface area contributed by atoms with Crippen LogP contribution < -0.4 is 10.2 Å². The molecule has 0 aliphatic carbocycles. The number of amides is 2. The van der Waals surface area contributed by atoms with E-state index in [9.17, 15) is 9.59 Å². The van der Waals surface area contributed by atoms with E-state index in [2.05, 4.69) is 19.2 Å². The molecule has 2 amide bonds. The number of hydrogen-bond acceptors (Lipinski definition) is 2. The third-order valence-electron chi connectivity index (χ3n) is 4.18. The van der Waals surface area contributed by atoms with E-state index in [-0.39, 0.29) is 24.3 Å². The van der Waals surface area contributed by atoms with Crippen LogP contribution in [0.5, 0.6) is 0 Å². The van der Waals surface area contributed by atoms with Crippen LogP contribution in [-0.4, -0.2) is 24.9 Å². The minimum absolute atomic E-state index is 0.0136. The predicted molar refractivity (Wildman–Crippen MR) is 107 cm³/mol. The highest BCUT2D eigenvalue weighted by Gasteiger charge is 2.19. The van der Waals surface area contributed by atoms with Crippen molar-refractivity contribution in [1.82, 2.24) is 5.32 Å². The topological polar surface area (TPSA) is 49.4 Å². The average molecular weight is 373 g/mol. The maximum Gasteiger partial charge on any atom is 0.240 e. The van der Waals surface area contributed by atoms with E-state index >= 15 is 0 Å². The largest absolute Gasteiger partial charge is 0.354 e.